The van der Waals surface area contributed by atoms with Gasteiger partial charge in [-0.1, -0.05) is 24.3 Å². The third-order valence-corrected chi connectivity index (χ3v) is 5.54. The van der Waals surface area contributed by atoms with Crippen molar-refractivity contribution in [3.63, 3.8) is 0 Å². The minimum atomic E-state index is -0.821. The molecule has 3 N–H and O–H groups in total. The third-order valence-electron chi connectivity index (χ3n) is 5.54. The molecule has 2 heterocycles. The van der Waals surface area contributed by atoms with Crippen LogP contribution in [0, 0.1) is 0 Å². The average Bonchev–Trinajstić information content (AvgIpc) is 2.89. The number of carbonyl (C=O) groups is 2. The SMILES string of the molecule is CC1(C)OB(c2ccc(C[C@H](NC(=O)c3ccncc3)C(N)=O)cc2)OC1(C)C. The molecule has 152 valence electrons. The lowest BCUT2D eigenvalue weighted by molar-refractivity contribution is -0.119. The molecule has 2 amide bonds. The normalized spacial score (nSPS) is 18.3. The maximum absolute atomic E-state index is 12.3. The van der Waals surface area contributed by atoms with Gasteiger partial charge in [0.15, 0.2) is 0 Å². The summed E-state index contributed by atoms with van der Waals surface area (Å²) in [6.45, 7) is 8.02. The number of nitrogens with two attached hydrogens (primary N) is 1. The van der Waals surface area contributed by atoms with Gasteiger partial charge in [-0.3, -0.25) is 14.6 Å². The molecule has 1 saturated heterocycles. The van der Waals surface area contributed by atoms with Crippen molar-refractivity contribution >= 4 is 24.4 Å². The van der Waals surface area contributed by atoms with Gasteiger partial charge in [0, 0.05) is 24.4 Å². The second-order valence-corrected chi connectivity index (χ2v) is 8.20. The molecule has 2 aromatic rings. The summed E-state index contributed by atoms with van der Waals surface area (Å²) in [5.74, 6) is -0.965. The van der Waals surface area contributed by atoms with E-state index < -0.39 is 30.3 Å². The maximum Gasteiger partial charge on any atom is 0.494 e. The van der Waals surface area contributed by atoms with E-state index in [9.17, 15) is 9.59 Å². The van der Waals surface area contributed by atoms with Crippen molar-refractivity contribution in [2.75, 3.05) is 0 Å². The topological polar surface area (TPSA) is 104 Å². The Labute approximate surface area is 171 Å². The Balaban J connectivity index is 1.67. The summed E-state index contributed by atoms with van der Waals surface area (Å²) < 4.78 is 12.1. The van der Waals surface area contributed by atoms with Crippen LogP contribution in [-0.4, -0.2) is 41.2 Å². The van der Waals surface area contributed by atoms with Crippen molar-refractivity contribution in [1.82, 2.24) is 10.3 Å². The molecule has 29 heavy (non-hydrogen) atoms. The Morgan fingerprint density at radius 1 is 1.03 bits per heavy atom. The molecule has 1 aromatic carbocycles. The summed E-state index contributed by atoms with van der Waals surface area (Å²) in [4.78, 5) is 28.0. The van der Waals surface area contributed by atoms with E-state index in [4.69, 9.17) is 15.0 Å². The second kappa shape index (κ2) is 7.97. The Morgan fingerprint density at radius 2 is 1.59 bits per heavy atom. The highest BCUT2D eigenvalue weighted by Crippen LogP contribution is 2.36. The number of rotatable bonds is 6. The molecular weight excluding hydrogens is 369 g/mol. The number of aromatic nitrogens is 1. The molecular formula is C21H26BN3O4. The lowest BCUT2D eigenvalue weighted by atomic mass is 9.78. The van der Waals surface area contributed by atoms with Gasteiger partial charge < -0.3 is 20.4 Å². The van der Waals surface area contributed by atoms with Gasteiger partial charge in [0.05, 0.1) is 11.2 Å². The highest BCUT2D eigenvalue weighted by molar-refractivity contribution is 6.62. The molecule has 1 aliphatic heterocycles. The fourth-order valence-electron chi connectivity index (χ4n) is 2.99. The quantitative estimate of drug-likeness (QED) is 0.716. The van der Waals surface area contributed by atoms with Crippen LogP contribution < -0.4 is 16.5 Å². The van der Waals surface area contributed by atoms with E-state index in [1.54, 1.807) is 12.1 Å². The zero-order chi connectivity index (χ0) is 21.2. The van der Waals surface area contributed by atoms with E-state index in [-0.39, 0.29) is 12.3 Å². The predicted octanol–water partition coefficient (Wildman–Crippen LogP) is 1.21. The fraction of sp³-hybridized carbons (Fsp3) is 0.381. The van der Waals surface area contributed by atoms with Crippen LogP contribution in [0.4, 0.5) is 0 Å². The molecule has 0 unspecified atom stereocenters. The number of hydrogen-bond acceptors (Lipinski definition) is 5. The standard InChI is InChI=1S/C21H26BN3O4/c1-20(2)21(3,4)29-22(28-20)16-7-5-14(6-8-16)13-17(18(23)26)25-19(27)15-9-11-24-12-10-15/h5-12,17H,13H2,1-4H3,(H2,23,26)(H,25,27)/t17-/m0/s1. The minimum Gasteiger partial charge on any atom is -0.399 e. The minimum absolute atomic E-state index is 0.288. The summed E-state index contributed by atoms with van der Waals surface area (Å²) in [6, 6.07) is 9.91. The highest BCUT2D eigenvalue weighted by Gasteiger charge is 2.51. The van der Waals surface area contributed by atoms with Gasteiger partial charge in [-0.2, -0.15) is 0 Å². The monoisotopic (exact) mass is 395 g/mol. The summed E-state index contributed by atoms with van der Waals surface area (Å²) in [6.07, 6.45) is 3.32. The van der Waals surface area contributed by atoms with E-state index in [0.717, 1.165) is 11.0 Å². The van der Waals surface area contributed by atoms with Gasteiger partial charge >= 0.3 is 7.12 Å². The van der Waals surface area contributed by atoms with E-state index >= 15 is 0 Å². The molecule has 0 radical (unpaired) electrons. The van der Waals surface area contributed by atoms with Crippen molar-refractivity contribution in [3.05, 3.63) is 59.9 Å². The molecule has 0 spiro atoms. The van der Waals surface area contributed by atoms with Crippen molar-refractivity contribution in [2.45, 2.75) is 51.4 Å². The Morgan fingerprint density at radius 3 is 2.10 bits per heavy atom. The Kier molecular flexibility index (Phi) is 5.77. The molecule has 1 aliphatic rings. The van der Waals surface area contributed by atoms with Crippen LogP contribution in [0.3, 0.4) is 0 Å². The molecule has 1 fully saturated rings. The smallest absolute Gasteiger partial charge is 0.399 e. The van der Waals surface area contributed by atoms with Crippen LogP contribution in [0.2, 0.25) is 0 Å². The number of amides is 2. The van der Waals surface area contributed by atoms with Crippen LogP contribution in [-0.2, 0) is 20.5 Å². The maximum atomic E-state index is 12.3. The number of pyridine rings is 1. The second-order valence-electron chi connectivity index (χ2n) is 8.20. The summed E-state index contributed by atoms with van der Waals surface area (Å²) in [7, 11) is -0.451. The summed E-state index contributed by atoms with van der Waals surface area (Å²) in [5.41, 5.74) is 6.85. The Hall–Kier alpha value is -2.71. The molecule has 8 heteroatoms. The third kappa shape index (κ3) is 4.66. The van der Waals surface area contributed by atoms with E-state index in [2.05, 4.69) is 10.3 Å². The van der Waals surface area contributed by atoms with E-state index in [1.165, 1.54) is 12.4 Å². The van der Waals surface area contributed by atoms with Gasteiger partial charge in [0.25, 0.3) is 5.91 Å². The highest BCUT2D eigenvalue weighted by atomic mass is 16.7. The van der Waals surface area contributed by atoms with Crippen molar-refractivity contribution in [1.29, 1.82) is 0 Å². The molecule has 0 bridgehead atoms. The molecule has 1 atom stereocenters. The van der Waals surface area contributed by atoms with E-state index in [0.29, 0.717) is 5.56 Å². The number of hydrogen-bond donors (Lipinski definition) is 2. The molecule has 3 rings (SSSR count). The average molecular weight is 395 g/mol. The fourth-order valence-corrected chi connectivity index (χ4v) is 2.99. The van der Waals surface area contributed by atoms with Crippen LogP contribution in [0.5, 0.6) is 0 Å². The van der Waals surface area contributed by atoms with Crippen molar-refractivity contribution in [3.8, 4) is 0 Å². The number of nitrogens with one attached hydrogen (secondary N) is 1. The number of nitrogens with zero attached hydrogens (tertiary/aromatic N) is 1. The molecule has 1 aromatic heterocycles. The van der Waals surface area contributed by atoms with Crippen molar-refractivity contribution < 1.29 is 18.9 Å². The predicted molar refractivity (Wildman–Crippen MR) is 111 cm³/mol. The summed E-state index contributed by atoms with van der Waals surface area (Å²) >= 11 is 0. The van der Waals surface area contributed by atoms with Crippen molar-refractivity contribution in [2.24, 2.45) is 5.73 Å². The van der Waals surface area contributed by atoms with Crippen LogP contribution >= 0.6 is 0 Å². The lowest BCUT2D eigenvalue weighted by Crippen LogP contribution is -2.45. The zero-order valence-electron chi connectivity index (χ0n) is 17.1. The molecule has 0 saturated carbocycles. The van der Waals surface area contributed by atoms with Gasteiger partial charge in [-0.05, 0) is 50.9 Å². The largest absolute Gasteiger partial charge is 0.494 e. The molecule has 0 aliphatic carbocycles. The lowest BCUT2D eigenvalue weighted by Gasteiger charge is -2.32. The summed E-state index contributed by atoms with van der Waals surface area (Å²) in [5, 5.41) is 2.68. The van der Waals surface area contributed by atoms with Gasteiger partial charge in [0.1, 0.15) is 6.04 Å². The van der Waals surface area contributed by atoms with Crippen LogP contribution in [0.1, 0.15) is 43.6 Å². The van der Waals surface area contributed by atoms with Gasteiger partial charge in [-0.25, -0.2) is 0 Å². The first-order valence-electron chi connectivity index (χ1n) is 9.54. The first-order chi connectivity index (χ1) is 13.6. The van der Waals surface area contributed by atoms with E-state index in [1.807, 2.05) is 52.0 Å². The Bertz CT molecular complexity index is 869. The van der Waals surface area contributed by atoms with Gasteiger partial charge in [0.2, 0.25) is 5.91 Å². The number of primary amides is 1. The van der Waals surface area contributed by atoms with Crippen LogP contribution in [0.25, 0.3) is 0 Å². The number of carbonyl (C=O) groups excluding carboxylic acids is 2. The number of benzene rings is 1. The first-order valence-corrected chi connectivity index (χ1v) is 9.54. The zero-order valence-corrected chi connectivity index (χ0v) is 17.1. The van der Waals surface area contributed by atoms with Crippen LogP contribution in [0.15, 0.2) is 48.8 Å². The molecule has 7 nitrogen and oxygen atoms in total. The van der Waals surface area contributed by atoms with Gasteiger partial charge in [-0.15, -0.1) is 0 Å². The first kappa shape index (κ1) is 21.0.